The van der Waals surface area contributed by atoms with Gasteiger partial charge in [0.25, 0.3) is 0 Å². The van der Waals surface area contributed by atoms with Crippen molar-refractivity contribution in [3.05, 3.63) is 66.4 Å². The van der Waals surface area contributed by atoms with E-state index in [1.54, 1.807) is 4.90 Å². The lowest BCUT2D eigenvalue weighted by atomic mass is 9.94. The van der Waals surface area contributed by atoms with Crippen LogP contribution in [-0.2, 0) is 4.74 Å². The highest BCUT2D eigenvalue weighted by atomic mass is 16.6. The molecule has 1 saturated heterocycles. The Morgan fingerprint density at radius 1 is 1.00 bits per heavy atom. The van der Waals surface area contributed by atoms with Crippen LogP contribution in [0, 0.1) is 5.92 Å². The maximum absolute atomic E-state index is 12.5. The van der Waals surface area contributed by atoms with E-state index in [0.717, 1.165) is 17.0 Å². The van der Waals surface area contributed by atoms with E-state index >= 15 is 0 Å². The molecule has 2 aromatic carbocycles. The normalized spacial score (nSPS) is 19.1. The predicted molar refractivity (Wildman–Crippen MR) is 119 cm³/mol. The fourth-order valence-electron chi connectivity index (χ4n) is 4.01. The second-order valence-corrected chi connectivity index (χ2v) is 9.12. The Labute approximate surface area is 178 Å². The number of aromatic amines is 1. The van der Waals surface area contributed by atoms with E-state index in [0.29, 0.717) is 19.0 Å². The summed E-state index contributed by atoms with van der Waals surface area (Å²) in [6.45, 7) is 9.19. The zero-order valence-electron chi connectivity index (χ0n) is 18.1. The molecule has 5 nitrogen and oxygen atoms in total. The summed E-state index contributed by atoms with van der Waals surface area (Å²) in [6, 6.07) is 20.9. The number of likely N-dealkylation sites (tertiary alicyclic amines) is 1. The number of rotatable bonds is 3. The number of carbonyl (C=O) groups is 1. The molecule has 2 atom stereocenters. The molecule has 30 heavy (non-hydrogen) atoms. The summed E-state index contributed by atoms with van der Waals surface area (Å²) in [7, 11) is 0. The smallest absolute Gasteiger partial charge is 0.410 e. The van der Waals surface area contributed by atoms with Crippen LogP contribution in [-0.4, -0.2) is 39.9 Å². The molecule has 4 rings (SSSR count). The molecule has 156 valence electrons. The molecule has 2 unspecified atom stereocenters. The van der Waals surface area contributed by atoms with Gasteiger partial charge in [-0.15, -0.1) is 0 Å². The molecule has 0 radical (unpaired) electrons. The highest BCUT2D eigenvalue weighted by Gasteiger charge is 2.36. The Bertz CT molecular complexity index is 1020. The average Bonchev–Trinajstić information content (AvgIpc) is 3.34. The number of ether oxygens (including phenoxy) is 1. The first-order chi connectivity index (χ1) is 14.3. The third-order valence-corrected chi connectivity index (χ3v) is 5.53. The van der Waals surface area contributed by atoms with Gasteiger partial charge in [-0.25, -0.2) is 4.79 Å². The number of carbonyl (C=O) groups excluding carboxylic acids is 1. The van der Waals surface area contributed by atoms with Gasteiger partial charge >= 0.3 is 6.09 Å². The third kappa shape index (κ3) is 4.40. The van der Waals surface area contributed by atoms with E-state index < -0.39 is 5.60 Å². The Balaban J connectivity index is 1.52. The first kappa shape index (κ1) is 20.2. The molecule has 1 aromatic heterocycles. The van der Waals surface area contributed by atoms with Crippen molar-refractivity contribution in [2.24, 2.45) is 5.92 Å². The number of aromatic nitrogens is 2. The molecule has 0 bridgehead atoms. The van der Waals surface area contributed by atoms with Gasteiger partial charge < -0.3 is 9.64 Å². The third-order valence-electron chi connectivity index (χ3n) is 5.53. The van der Waals surface area contributed by atoms with Crippen molar-refractivity contribution in [3.8, 4) is 22.4 Å². The minimum Gasteiger partial charge on any atom is -0.444 e. The zero-order chi connectivity index (χ0) is 21.3. The van der Waals surface area contributed by atoms with Crippen LogP contribution in [0.2, 0.25) is 0 Å². The van der Waals surface area contributed by atoms with Gasteiger partial charge in [-0.2, -0.15) is 5.10 Å². The van der Waals surface area contributed by atoms with E-state index in [4.69, 9.17) is 4.74 Å². The Morgan fingerprint density at radius 2 is 1.70 bits per heavy atom. The van der Waals surface area contributed by atoms with Gasteiger partial charge in [-0.1, -0.05) is 55.5 Å². The number of nitrogens with one attached hydrogen (secondary N) is 1. The van der Waals surface area contributed by atoms with Crippen LogP contribution in [0.4, 0.5) is 4.79 Å². The quantitative estimate of drug-likeness (QED) is 0.609. The van der Waals surface area contributed by atoms with Crippen LogP contribution in [0.15, 0.2) is 60.7 Å². The fourth-order valence-corrected chi connectivity index (χ4v) is 4.01. The van der Waals surface area contributed by atoms with Crippen LogP contribution in [0.3, 0.4) is 0 Å². The van der Waals surface area contributed by atoms with Crippen LogP contribution in [0.1, 0.15) is 39.3 Å². The van der Waals surface area contributed by atoms with Gasteiger partial charge in [0.05, 0.1) is 5.69 Å². The SMILES string of the molecule is CC1CN(C(=O)OC(C)(C)C)CC1c1cc(-c2cccc(-c3ccccc3)c2)n[nH]1. The Hall–Kier alpha value is -3.08. The van der Waals surface area contributed by atoms with Crippen molar-refractivity contribution >= 4 is 6.09 Å². The molecular formula is C25H29N3O2. The maximum Gasteiger partial charge on any atom is 0.410 e. The predicted octanol–water partition coefficient (Wildman–Crippen LogP) is 5.71. The van der Waals surface area contributed by atoms with Crippen molar-refractivity contribution < 1.29 is 9.53 Å². The largest absolute Gasteiger partial charge is 0.444 e. The van der Waals surface area contributed by atoms with Crippen LogP contribution in [0.5, 0.6) is 0 Å². The molecule has 2 heterocycles. The van der Waals surface area contributed by atoms with Crippen LogP contribution in [0.25, 0.3) is 22.4 Å². The summed E-state index contributed by atoms with van der Waals surface area (Å²) in [5.74, 6) is 0.553. The van der Waals surface area contributed by atoms with Crippen molar-refractivity contribution in [2.45, 2.75) is 39.2 Å². The number of benzene rings is 2. The standard InChI is InChI=1S/C25H29N3O2/c1-17-15-28(24(29)30-25(2,3)4)16-21(17)23-14-22(26-27-23)20-12-8-11-19(13-20)18-9-6-5-7-10-18/h5-14,17,21H,15-16H2,1-4H3,(H,26,27). The lowest BCUT2D eigenvalue weighted by Crippen LogP contribution is -2.35. The maximum atomic E-state index is 12.5. The summed E-state index contributed by atoms with van der Waals surface area (Å²) in [5.41, 5.74) is 4.94. The van der Waals surface area contributed by atoms with Crippen molar-refractivity contribution in [2.75, 3.05) is 13.1 Å². The second-order valence-electron chi connectivity index (χ2n) is 9.12. The average molecular weight is 404 g/mol. The molecule has 1 amide bonds. The molecule has 0 spiro atoms. The van der Waals surface area contributed by atoms with E-state index in [2.05, 4.69) is 59.6 Å². The topological polar surface area (TPSA) is 58.2 Å². The summed E-state index contributed by atoms with van der Waals surface area (Å²) in [6.07, 6.45) is -0.243. The van der Waals surface area contributed by atoms with Crippen molar-refractivity contribution in [3.63, 3.8) is 0 Å². The number of hydrogen-bond donors (Lipinski definition) is 1. The van der Waals surface area contributed by atoms with Crippen molar-refractivity contribution in [1.82, 2.24) is 15.1 Å². The molecule has 0 saturated carbocycles. The van der Waals surface area contributed by atoms with Crippen molar-refractivity contribution in [1.29, 1.82) is 0 Å². The zero-order valence-corrected chi connectivity index (χ0v) is 18.1. The first-order valence-electron chi connectivity index (χ1n) is 10.5. The van der Waals surface area contributed by atoms with Gasteiger partial charge in [0.2, 0.25) is 0 Å². The highest BCUT2D eigenvalue weighted by Crippen LogP contribution is 2.34. The molecule has 1 aliphatic rings. The first-order valence-corrected chi connectivity index (χ1v) is 10.5. The van der Waals surface area contributed by atoms with Gasteiger partial charge in [0.15, 0.2) is 0 Å². The molecule has 0 aliphatic carbocycles. The minimum atomic E-state index is -0.483. The molecule has 1 aliphatic heterocycles. The second kappa shape index (κ2) is 7.98. The lowest BCUT2D eigenvalue weighted by molar-refractivity contribution is 0.0287. The lowest BCUT2D eigenvalue weighted by Gasteiger charge is -2.24. The minimum absolute atomic E-state index is 0.219. The van der Waals surface area contributed by atoms with Crippen LogP contribution < -0.4 is 0 Å². The molecule has 5 heteroatoms. The van der Waals surface area contributed by atoms with E-state index in [1.807, 2.05) is 39.0 Å². The van der Waals surface area contributed by atoms with Gasteiger partial charge in [-0.3, -0.25) is 5.10 Å². The van der Waals surface area contributed by atoms with Gasteiger partial charge in [0, 0.05) is 30.3 Å². The highest BCUT2D eigenvalue weighted by molar-refractivity contribution is 5.71. The molecular weight excluding hydrogens is 374 g/mol. The van der Waals surface area contributed by atoms with Gasteiger partial charge in [-0.05, 0) is 49.9 Å². The summed E-state index contributed by atoms with van der Waals surface area (Å²) >= 11 is 0. The molecule has 1 N–H and O–H groups in total. The van der Waals surface area contributed by atoms with Crippen LogP contribution >= 0.6 is 0 Å². The molecule has 3 aromatic rings. The van der Waals surface area contributed by atoms with E-state index in [-0.39, 0.29) is 12.0 Å². The Kier molecular flexibility index (Phi) is 5.37. The molecule has 1 fully saturated rings. The fraction of sp³-hybridized carbons (Fsp3) is 0.360. The summed E-state index contributed by atoms with van der Waals surface area (Å²) in [4.78, 5) is 14.3. The van der Waals surface area contributed by atoms with E-state index in [9.17, 15) is 4.79 Å². The number of nitrogens with zero attached hydrogens (tertiary/aromatic N) is 2. The number of amides is 1. The monoisotopic (exact) mass is 403 g/mol. The van der Waals surface area contributed by atoms with E-state index in [1.165, 1.54) is 11.1 Å². The number of hydrogen-bond acceptors (Lipinski definition) is 3. The Morgan fingerprint density at radius 3 is 2.43 bits per heavy atom. The van der Waals surface area contributed by atoms with Gasteiger partial charge in [0.1, 0.15) is 5.60 Å². The number of H-pyrrole nitrogens is 1. The summed E-state index contributed by atoms with van der Waals surface area (Å²) in [5, 5.41) is 7.78. The summed E-state index contributed by atoms with van der Waals surface area (Å²) < 4.78 is 5.55.